The molecule has 0 saturated carbocycles. The van der Waals surface area contributed by atoms with Crippen molar-refractivity contribution in [2.75, 3.05) is 11.0 Å². The molecule has 0 saturated heterocycles. The second-order valence-corrected chi connectivity index (χ2v) is 5.19. The van der Waals surface area contributed by atoms with Crippen LogP contribution in [0.1, 0.15) is 41.6 Å². The van der Waals surface area contributed by atoms with Gasteiger partial charge in [-0.05, 0) is 35.8 Å². The number of alkyl halides is 1. The van der Waals surface area contributed by atoms with Crippen LogP contribution in [0.25, 0.3) is 0 Å². The molecule has 1 N–H and O–H groups in total. The quantitative estimate of drug-likeness (QED) is 0.468. The van der Waals surface area contributed by atoms with Gasteiger partial charge < -0.3 is 5.32 Å². The van der Waals surface area contributed by atoms with E-state index in [1.54, 1.807) is 12.4 Å². The van der Waals surface area contributed by atoms with Crippen LogP contribution in [0.3, 0.4) is 0 Å². The van der Waals surface area contributed by atoms with E-state index in [0.717, 1.165) is 18.5 Å². The van der Waals surface area contributed by atoms with Gasteiger partial charge in [0.1, 0.15) is 0 Å². The predicted molar refractivity (Wildman–Crippen MR) is 78.7 cm³/mol. The van der Waals surface area contributed by atoms with E-state index in [0.29, 0.717) is 5.56 Å². The number of aryl methyl sites for hydroxylation is 1. The van der Waals surface area contributed by atoms with Crippen LogP contribution < -0.4 is 5.32 Å². The van der Waals surface area contributed by atoms with E-state index in [9.17, 15) is 4.79 Å². The highest BCUT2D eigenvalue weighted by Crippen LogP contribution is 2.03. The first-order valence-electron chi connectivity index (χ1n) is 6.00. The largest absolute Gasteiger partial charge is 0.352 e. The van der Waals surface area contributed by atoms with Gasteiger partial charge >= 0.3 is 0 Å². The third-order valence-electron chi connectivity index (χ3n) is 2.48. The lowest BCUT2D eigenvalue weighted by Gasteiger charge is -2.05. The Kier molecular flexibility index (Phi) is 7.16. The minimum Gasteiger partial charge on any atom is -0.352 e. The summed E-state index contributed by atoms with van der Waals surface area (Å²) in [6.07, 6.45) is 8.14. The molecule has 0 aliphatic carbocycles. The molecular formula is C13H19IN2O. The van der Waals surface area contributed by atoms with Crippen molar-refractivity contribution < 1.29 is 4.79 Å². The van der Waals surface area contributed by atoms with Gasteiger partial charge in [-0.25, -0.2) is 0 Å². The maximum atomic E-state index is 11.7. The highest BCUT2D eigenvalue weighted by molar-refractivity contribution is 14.1. The standard InChI is InChI=1S/C13H19IN2O/c1-11-8-12(10-15-9-11)13(17)16-7-5-3-2-4-6-14/h8-10H,2-7H2,1H3,(H,16,17). The zero-order chi connectivity index (χ0) is 12.5. The average Bonchev–Trinajstić information content (AvgIpc) is 2.33. The Balaban J connectivity index is 2.21. The van der Waals surface area contributed by atoms with Crippen molar-refractivity contribution in [3.63, 3.8) is 0 Å². The molecule has 0 unspecified atom stereocenters. The minimum absolute atomic E-state index is 0.0184. The summed E-state index contributed by atoms with van der Waals surface area (Å²) in [5.74, 6) is -0.0184. The lowest BCUT2D eigenvalue weighted by molar-refractivity contribution is 0.0952. The van der Waals surface area contributed by atoms with E-state index in [1.807, 2.05) is 13.0 Å². The van der Waals surface area contributed by atoms with Crippen molar-refractivity contribution in [2.45, 2.75) is 32.6 Å². The Hall–Kier alpha value is -0.650. The molecule has 0 aliphatic heterocycles. The van der Waals surface area contributed by atoms with Crippen LogP contribution >= 0.6 is 22.6 Å². The van der Waals surface area contributed by atoms with Gasteiger partial charge in [0.05, 0.1) is 5.56 Å². The van der Waals surface area contributed by atoms with Gasteiger partial charge in [0.25, 0.3) is 5.91 Å². The fourth-order valence-electron chi connectivity index (χ4n) is 1.56. The molecule has 1 amide bonds. The average molecular weight is 346 g/mol. The van der Waals surface area contributed by atoms with Gasteiger partial charge in [0.15, 0.2) is 0 Å². The number of carbonyl (C=O) groups is 1. The van der Waals surface area contributed by atoms with Crippen molar-refractivity contribution in [2.24, 2.45) is 0 Å². The first-order valence-corrected chi connectivity index (χ1v) is 7.52. The van der Waals surface area contributed by atoms with Gasteiger partial charge in [-0.15, -0.1) is 0 Å². The van der Waals surface area contributed by atoms with Gasteiger partial charge in [-0.1, -0.05) is 35.4 Å². The number of hydrogen-bond acceptors (Lipinski definition) is 2. The molecule has 0 atom stereocenters. The highest BCUT2D eigenvalue weighted by Gasteiger charge is 2.04. The Morgan fingerprint density at radius 3 is 2.76 bits per heavy atom. The number of carbonyl (C=O) groups excluding carboxylic acids is 1. The summed E-state index contributed by atoms with van der Waals surface area (Å²) in [6, 6.07) is 1.86. The normalized spacial score (nSPS) is 10.2. The third kappa shape index (κ3) is 6.00. The van der Waals surface area contributed by atoms with Crippen molar-refractivity contribution in [3.05, 3.63) is 29.6 Å². The fourth-order valence-corrected chi connectivity index (χ4v) is 2.10. The molecule has 1 heterocycles. The predicted octanol–water partition coefficient (Wildman–Crippen LogP) is 3.12. The van der Waals surface area contributed by atoms with Crippen LogP contribution in [0.15, 0.2) is 18.5 Å². The van der Waals surface area contributed by atoms with Crippen LogP contribution in [-0.2, 0) is 0 Å². The molecule has 94 valence electrons. The zero-order valence-corrected chi connectivity index (χ0v) is 12.4. The summed E-state index contributed by atoms with van der Waals surface area (Å²) in [7, 11) is 0. The number of halogens is 1. The van der Waals surface area contributed by atoms with Crippen LogP contribution in [0.2, 0.25) is 0 Å². The molecule has 1 rings (SSSR count). The fraction of sp³-hybridized carbons (Fsp3) is 0.538. The minimum atomic E-state index is -0.0184. The van der Waals surface area contributed by atoms with Crippen LogP contribution in [-0.4, -0.2) is 21.9 Å². The molecule has 17 heavy (non-hydrogen) atoms. The molecule has 0 bridgehead atoms. The summed E-state index contributed by atoms with van der Waals surface area (Å²) in [5, 5.41) is 2.92. The zero-order valence-electron chi connectivity index (χ0n) is 10.2. The van der Waals surface area contributed by atoms with E-state index in [2.05, 4.69) is 32.9 Å². The van der Waals surface area contributed by atoms with Gasteiger partial charge in [-0.3, -0.25) is 9.78 Å². The van der Waals surface area contributed by atoms with E-state index in [4.69, 9.17) is 0 Å². The SMILES string of the molecule is Cc1cncc(C(=O)NCCCCCCI)c1. The Morgan fingerprint density at radius 1 is 1.29 bits per heavy atom. The number of unbranched alkanes of at least 4 members (excludes halogenated alkanes) is 3. The third-order valence-corrected chi connectivity index (χ3v) is 3.25. The Morgan fingerprint density at radius 2 is 2.06 bits per heavy atom. The van der Waals surface area contributed by atoms with Gasteiger partial charge in [0, 0.05) is 18.9 Å². The maximum absolute atomic E-state index is 11.7. The second kappa shape index (κ2) is 8.44. The van der Waals surface area contributed by atoms with Crippen LogP contribution in [0.4, 0.5) is 0 Å². The lowest BCUT2D eigenvalue weighted by atomic mass is 10.2. The summed E-state index contributed by atoms with van der Waals surface area (Å²) in [4.78, 5) is 15.7. The molecular weight excluding hydrogens is 327 g/mol. The number of nitrogens with zero attached hydrogens (tertiary/aromatic N) is 1. The topological polar surface area (TPSA) is 42.0 Å². The van der Waals surface area contributed by atoms with E-state index in [1.165, 1.54) is 23.7 Å². The van der Waals surface area contributed by atoms with Crippen molar-refractivity contribution in [1.29, 1.82) is 0 Å². The summed E-state index contributed by atoms with van der Waals surface area (Å²) in [6.45, 7) is 2.70. The summed E-state index contributed by atoms with van der Waals surface area (Å²) < 4.78 is 1.22. The number of rotatable bonds is 7. The van der Waals surface area contributed by atoms with Crippen LogP contribution in [0, 0.1) is 6.92 Å². The molecule has 0 spiro atoms. The summed E-state index contributed by atoms with van der Waals surface area (Å²) >= 11 is 2.39. The maximum Gasteiger partial charge on any atom is 0.252 e. The van der Waals surface area contributed by atoms with Gasteiger partial charge in [-0.2, -0.15) is 0 Å². The van der Waals surface area contributed by atoms with Crippen LogP contribution in [0.5, 0.6) is 0 Å². The van der Waals surface area contributed by atoms with E-state index in [-0.39, 0.29) is 5.91 Å². The molecule has 0 radical (unpaired) electrons. The molecule has 3 nitrogen and oxygen atoms in total. The smallest absolute Gasteiger partial charge is 0.252 e. The molecule has 4 heteroatoms. The number of hydrogen-bond donors (Lipinski definition) is 1. The van der Waals surface area contributed by atoms with E-state index < -0.39 is 0 Å². The highest BCUT2D eigenvalue weighted by atomic mass is 127. The second-order valence-electron chi connectivity index (χ2n) is 4.11. The lowest BCUT2D eigenvalue weighted by Crippen LogP contribution is -2.24. The number of pyridine rings is 1. The molecule has 0 aliphatic rings. The Bertz CT molecular complexity index is 355. The van der Waals surface area contributed by atoms with Crippen molar-refractivity contribution >= 4 is 28.5 Å². The van der Waals surface area contributed by atoms with Crippen molar-refractivity contribution in [3.8, 4) is 0 Å². The first kappa shape index (κ1) is 14.4. The molecule has 0 aromatic carbocycles. The number of amides is 1. The number of nitrogens with one attached hydrogen (secondary N) is 1. The number of aromatic nitrogens is 1. The monoisotopic (exact) mass is 346 g/mol. The van der Waals surface area contributed by atoms with Gasteiger partial charge in [0.2, 0.25) is 0 Å². The Labute approximate surface area is 117 Å². The first-order chi connectivity index (χ1) is 8.24. The molecule has 1 aromatic rings. The van der Waals surface area contributed by atoms with E-state index >= 15 is 0 Å². The molecule has 1 aromatic heterocycles. The van der Waals surface area contributed by atoms with Crippen molar-refractivity contribution in [1.82, 2.24) is 10.3 Å². The summed E-state index contributed by atoms with van der Waals surface area (Å²) in [5.41, 5.74) is 1.66. The molecule has 0 fully saturated rings.